The number of nitrogens with zero attached hydrogens (tertiary/aromatic N) is 3. The van der Waals surface area contributed by atoms with Crippen LogP contribution in [0, 0.1) is 20.8 Å². The van der Waals surface area contributed by atoms with Crippen LogP contribution in [-0.2, 0) is 61.1 Å². The zero-order valence-electron chi connectivity index (χ0n) is 44.1. The van der Waals surface area contributed by atoms with Crippen molar-refractivity contribution in [3.8, 4) is 5.75 Å². The number of carboxylic acid groups (broad SMARTS) is 1. The average Bonchev–Trinajstić information content (AvgIpc) is 3.26. The van der Waals surface area contributed by atoms with Gasteiger partial charge < -0.3 is 52.9 Å². The van der Waals surface area contributed by atoms with E-state index in [4.69, 9.17) is 37.1 Å². The van der Waals surface area contributed by atoms with Gasteiger partial charge in [0, 0.05) is 13.0 Å². The lowest BCUT2D eigenvalue weighted by molar-refractivity contribution is -0.155. The van der Waals surface area contributed by atoms with Crippen molar-refractivity contribution in [2.24, 2.45) is 27.9 Å². The zero-order valence-corrected chi connectivity index (χ0v) is 44.9. The van der Waals surface area contributed by atoms with Crippen LogP contribution in [0.3, 0.4) is 0 Å². The molecule has 4 atom stereocenters. The van der Waals surface area contributed by atoms with E-state index in [2.05, 4.69) is 15.6 Å². The number of hydrogen-bond acceptors (Lipinski definition) is 15. The van der Waals surface area contributed by atoms with Gasteiger partial charge in [0.2, 0.25) is 11.8 Å². The highest BCUT2D eigenvalue weighted by atomic mass is 32.2. The maximum absolute atomic E-state index is 16.2. The van der Waals surface area contributed by atoms with Gasteiger partial charge in [0.1, 0.15) is 47.2 Å². The first-order valence-corrected chi connectivity index (χ1v) is 25.7. The molecule has 0 aliphatic carbocycles. The van der Waals surface area contributed by atoms with E-state index in [-0.39, 0.29) is 60.8 Å². The summed E-state index contributed by atoms with van der Waals surface area (Å²) in [6.45, 7) is 17.0. The molecule has 0 bridgehead atoms. The summed E-state index contributed by atoms with van der Waals surface area (Å²) in [4.78, 5) is 104. The quantitative estimate of drug-likeness (QED) is 0.0364. The third kappa shape index (κ3) is 17.4. The second-order valence-corrected chi connectivity index (χ2v) is 22.5. The molecule has 22 nitrogen and oxygen atoms in total. The monoisotopic (exact) mass is 1040 g/mol. The van der Waals surface area contributed by atoms with Crippen molar-refractivity contribution in [2.45, 2.75) is 180 Å². The Hall–Kier alpha value is -6.33. The molecule has 0 fully saturated rings. The summed E-state index contributed by atoms with van der Waals surface area (Å²) in [6.07, 6.45) is -2.62. The summed E-state index contributed by atoms with van der Waals surface area (Å²) in [7, 11) is -5.31. The number of ether oxygens (including phenoxy) is 3. The molecular weight excluding hydrogens is 967 g/mol. The van der Waals surface area contributed by atoms with Crippen LogP contribution < -0.4 is 38.3 Å². The van der Waals surface area contributed by atoms with Crippen LogP contribution in [0.5, 0.6) is 5.75 Å². The normalized spacial score (nSPS) is 14.9. The van der Waals surface area contributed by atoms with Crippen LogP contribution in [0.2, 0.25) is 0 Å². The van der Waals surface area contributed by atoms with Gasteiger partial charge in [-0.1, -0.05) is 30.3 Å². The fraction of sp³-hybridized carbons (Fsp3) is 0.600. The molecule has 1 aliphatic heterocycles. The number of unbranched alkanes of at least 4 members (excludes halogenated alkanes) is 1. The van der Waals surface area contributed by atoms with Crippen LogP contribution >= 0.6 is 0 Å². The molecule has 2 aromatic rings. The Kier molecular flexibility index (Phi) is 21.3. The summed E-state index contributed by atoms with van der Waals surface area (Å²) >= 11 is 0. The van der Waals surface area contributed by atoms with Crippen molar-refractivity contribution >= 4 is 57.6 Å². The van der Waals surface area contributed by atoms with Gasteiger partial charge in [0.25, 0.3) is 21.8 Å². The van der Waals surface area contributed by atoms with Crippen molar-refractivity contribution in [1.29, 1.82) is 0 Å². The predicted molar refractivity (Wildman–Crippen MR) is 272 cm³/mol. The molecule has 0 saturated carbocycles. The van der Waals surface area contributed by atoms with Gasteiger partial charge in [-0.05, 0) is 155 Å². The molecule has 23 heteroatoms. The third-order valence-electron chi connectivity index (χ3n) is 11.7. The summed E-state index contributed by atoms with van der Waals surface area (Å²) in [6, 6.07) is 0.611. The maximum atomic E-state index is 16.2. The van der Waals surface area contributed by atoms with Crippen molar-refractivity contribution in [3.63, 3.8) is 0 Å². The lowest BCUT2D eigenvalue weighted by Crippen LogP contribution is -2.63. The highest BCUT2D eigenvalue weighted by Crippen LogP contribution is 2.43. The van der Waals surface area contributed by atoms with E-state index in [9.17, 15) is 29.1 Å². The first kappa shape index (κ1) is 61.0. The molecule has 0 aromatic heterocycles. The number of aliphatic imine (C=N–C) groups is 1. The van der Waals surface area contributed by atoms with Gasteiger partial charge in [0.15, 0.2) is 5.96 Å². The molecule has 406 valence electrons. The standard InChI is InChI=1S/C50H77N9O13S/c1-29-30(2)41(31(3)33-22-23-50(10,11)71-40(29)33)73(68,69)59(36(21-17-25-55-46(53)54)43(64)56-28-39(62)70-48(4,5)6)45(66)37(20-15-16-24-51)58(47(67)72-49(7,8)9)44(65)35(26-32-18-13-12-14-19-32)57-42(63)34(52)27-38(60)61/h12-14,18-19,34-37H,15-17,20-28,51-52H2,1-11H3,(H,56,64)(H,57,63)(H,60,61)(H4,53,54,55)/t34-,35+,36-,37-/m0/s1. The minimum Gasteiger partial charge on any atom is -0.487 e. The van der Waals surface area contributed by atoms with E-state index in [1.54, 1.807) is 65.0 Å². The minimum absolute atomic E-state index is 0.00427. The summed E-state index contributed by atoms with van der Waals surface area (Å²) < 4.78 is 50.1. The molecule has 1 aliphatic rings. The number of nitrogens with one attached hydrogen (secondary N) is 2. The molecule has 0 spiro atoms. The van der Waals surface area contributed by atoms with Crippen molar-refractivity contribution in [2.75, 3.05) is 19.6 Å². The Morgan fingerprint density at radius 3 is 2.01 bits per heavy atom. The third-order valence-corrected chi connectivity index (χ3v) is 13.8. The fourth-order valence-electron chi connectivity index (χ4n) is 8.23. The number of carboxylic acids is 1. The average molecular weight is 1040 g/mol. The zero-order chi connectivity index (χ0) is 55.4. The molecule has 1 heterocycles. The first-order chi connectivity index (χ1) is 33.7. The summed E-state index contributed by atoms with van der Waals surface area (Å²) in [5.41, 5.74) is 22.0. The lowest BCUT2D eigenvalue weighted by atomic mass is 9.88. The Morgan fingerprint density at radius 2 is 1.45 bits per heavy atom. The highest BCUT2D eigenvalue weighted by molar-refractivity contribution is 7.89. The number of carbonyl (C=O) groups is 7. The molecule has 3 rings (SSSR count). The van der Waals surface area contributed by atoms with Crippen molar-refractivity contribution in [1.82, 2.24) is 19.8 Å². The van der Waals surface area contributed by atoms with E-state index in [0.717, 1.165) is 0 Å². The van der Waals surface area contributed by atoms with Crippen molar-refractivity contribution < 1.29 is 61.3 Å². The Labute approximate surface area is 428 Å². The number of benzene rings is 2. The Balaban J connectivity index is 2.54. The van der Waals surface area contributed by atoms with Crippen LogP contribution in [0.1, 0.15) is 128 Å². The number of fused-ring (bicyclic) bond motifs is 1. The van der Waals surface area contributed by atoms with Gasteiger partial charge in [-0.15, -0.1) is 0 Å². The number of rotatable bonds is 23. The topological polar surface area (TPSA) is 349 Å². The Morgan fingerprint density at radius 1 is 0.849 bits per heavy atom. The largest absolute Gasteiger partial charge is 0.487 e. The second-order valence-electron chi connectivity index (χ2n) is 20.7. The number of amides is 5. The van der Waals surface area contributed by atoms with E-state index < -0.39 is 118 Å². The summed E-state index contributed by atoms with van der Waals surface area (Å²) in [5, 5.41) is 14.3. The fourth-order valence-corrected chi connectivity index (χ4v) is 10.4. The van der Waals surface area contributed by atoms with E-state index in [0.29, 0.717) is 44.5 Å². The maximum Gasteiger partial charge on any atom is 0.417 e. The number of guanidine groups is 1. The first-order valence-electron chi connectivity index (χ1n) is 24.3. The van der Waals surface area contributed by atoms with Crippen molar-refractivity contribution in [3.05, 3.63) is 58.1 Å². The molecule has 0 saturated heterocycles. The van der Waals surface area contributed by atoms with E-state index >= 15 is 18.0 Å². The molecule has 0 radical (unpaired) electrons. The SMILES string of the molecule is Cc1c(C)c(S(=O)(=O)N(C(=O)[C@H](CCCCN)N(C(=O)OC(C)(C)C)C(=O)[C@@H](Cc2ccccc2)NC(=O)[C@@H](N)CC(=O)O)[C@@H](CCCN=C(N)N)C(=O)NCC(=O)OC(C)(C)C)c(C)c2c1OC(C)(C)CC2. The van der Waals surface area contributed by atoms with Crippen LogP contribution in [0.15, 0.2) is 40.2 Å². The number of esters is 1. The number of carbonyl (C=O) groups excluding carboxylic acids is 6. The van der Waals surface area contributed by atoms with Gasteiger partial charge in [-0.2, -0.15) is 0 Å². The number of nitrogens with two attached hydrogens (primary N) is 4. The lowest BCUT2D eigenvalue weighted by Gasteiger charge is -2.39. The number of hydrogen-bond donors (Lipinski definition) is 7. The number of aliphatic carboxylic acids is 1. The van der Waals surface area contributed by atoms with Gasteiger partial charge in [0.05, 0.1) is 17.4 Å². The van der Waals surface area contributed by atoms with E-state index in [1.807, 2.05) is 13.8 Å². The van der Waals surface area contributed by atoms with E-state index in [1.165, 1.54) is 27.7 Å². The molecule has 73 heavy (non-hydrogen) atoms. The molecule has 5 amide bonds. The summed E-state index contributed by atoms with van der Waals surface area (Å²) in [5.74, 6) is -7.13. The van der Waals surface area contributed by atoms with Crippen LogP contribution in [0.25, 0.3) is 0 Å². The predicted octanol–water partition coefficient (Wildman–Crippen LogP) is 2.90. The number of sulfonamides is 1. The van der Waals surface area contributed by atoms with Gasteiger partial charge >= 0.3 is 18.0 Å². The highest BCUT2D eigenvalue weighted by Gasteiger charge is 2.49. The Bertz CT molecular complexity index is 2480. The number of imide groups is 1. The van der Waals surface area contributed by atoms with Gasteiger partial charge in [-0.3, -0.25) is 33.8 Å². The minimum atomic E-state index is -5.31. The van der Waals surface area contributed by atoms with Crippen LogP contribution in [0.4, 0.5) is 4.79 Å². The molecule has 2 aromatic carbocycles. The smallest absolute Gasteiger partial charge is 0.417 e. The molecular formula is C50H77N9O13S. The van der Waals surface area contributed by atoms with Gasteiger partial charge in [-0.25, -0.2) is 22.4 Å². The molecule has 0 unspecified atom stereocenters. The second kappa shape index (κ2) is 25.6. The molecule has 11 N–H and O–H groups in total. The van der Waals surface area contributed by atoms with Crippen LogP contribution in [-0.4, -0.2) is 131 Å².